The summed E-state index contributed by atoms with van der Waals surface area (Å²) in [7, 11) is 5.09. The molecule has 0 saturated heterocycles. The van der Waals surface area contributed by atoms with Crippen LogP contribution in [-0.4, -0.2) is 47.8 Å². The summed E-state index contributed by atoms with van der Waals surface area (Å²) in [6, 6.07) is 0. The van der Waals surface area contributed by atoms with Gasteiger partial charge in [0.2, 0.25) is 0 Å². The number of hydrogen-bond donors (Lipinski definition) is 0. The first kappa shape index (κ1) is 12.0. The zero-order valence-electron chi connectivity index (χ0n) is 9.26. The van der Waals surface area contributed by atoms with Gasteiger partial charge < -0.3 is 9.63 Å². The molecule has 0 aromatic rings. The third-order valence-corrected chi connectivity index (χ3v) is 3.04. The fourth-order valence-corrected chi connectivity index (χ4v) is 2.66. The molecule has 12 heavy (non-hydrogen) atoms. The molecule has 0 aliphatic carbocycles. The summed E-state index contributed by atoms with van der Waals surface area (Å²) in [5.41, 5.74) is 1.17. The molecule has 0 N–H and O–H groups in total. The van der Waals surface area contributed by atoms with Crippen LogP contribution in [0.15, 0.2) is 4.90 Å². The van der Waals surface area contributed by atoms with Gasteiger partial charge in [-0.1, -0.05) is 13.1 Å². The van der Waals surface area contributed by atoms with Crippen molar-refractivity contribution in [1.82, 2.24) is 4.72 Å². The van der Waals surface area contributed by atoms with E-state index in [2.05, 4.69) is 51.4 Å². The van der Waals surface area contributed by atoms with E-state index in [0.717, 1.165) is 0 Å². The predicted octanol–water partition coefficient (Wildman–Crippen LogP) is -0.648. The molecule has 0 atom stereocenters. The largest absolute Gasteiger partial charge is 0.378 e. The minimum atomic E-state index is -0.473. The van der Waals surface area contributed by atoms with Crippen molar-refractivity contribution in [2.45, 2.75) is 26.9 Å². The molecule has 0 aromatic carbocycles. The van der Waals surface area contributed by atoms with Gasteiger partial charge in [0.05, 0.1) is 0 Å². The molecule has 0 unspecified atom stereocenters. The summed E-state index contributed by atoms with van der Waals surface area (Å²) < 4.78 is 2.34. The second-order valence-corrected chi connectivity index (χ2v) is 7.19. The van der Waals surface area contributed by atoms with E-state index in [1.54, 1.807) is 0 Å². The van der Waals surface area contributed by atoms with E-state index >= 15 is 0 Å². The van der Waals surface area contributed by atoms with Gasteiger partial charge >= 0.3 is 0 Å². The maximum atomic E-state index is 4.50. The second-order valence-electron chi connectivity index (χ2n) is 4.04. The Kier molecular flexibility index (Phi) is 5.67. The van der Waals surface area contributed by atoms with Crippen LogP contribution in [0.1, 0.15) is 13.8 Å². The van der Waals surface area contributed by atoms with E-state index < -0.39 is 8.67 Å². The fourth-order valence-electron chi connectivity index (χ4n) is 1.20. The quantitative estimate of drug-likeness (QED) is 0.414. The molecule has 0 fully saturated rings. The molecule has 0 spiro atoms. The van der Waals surface area contributed by atoms with Crippen LogP contribution in [0, 0.1) is 0 Å². The average molecular weight is 180 g/mol. The summed E-state index contributed by atoms with van der Waals surface area (Å²) in [6.07, 6.45) is 0. The molecule has 6 heteroatoms. The Bertz CT molecular complexity index is 159. The van der Waals surface area contributed by atoms with Crippen LogP contribution in [0.3, 0.4) is 0 Å². The van der Waals surface area contributed by atoms with Crippen LogP contribution >= 0.6 is 0 Å². The molecular formula is C6H19B3N2Si. The maximum Gasteiger partial charge on any atom is 0.300 e. The highest BCUT2D eigenvalue weighted by Gasteiger charge is 2.14. The molecule has 0 aliphatic heterocycles. The van der Waals surface area contributed by atoms with Crippen molar-refractivity contribution in [1.29, 1.82) is 0 Å². The van der Waals surface area contributed by atoms with E-state index in [1.807, 2.05) is 0 Å². The molecule has 0 saturated carbocycles. The number of rotatable bonds is 4. The summed E-state index contributed by atoms with van der Waals surface area (Å²) >= 11 is 0. The minimum absolute atomic E-state index is 0.352. The van der Waals surface area contributed by atoms with Crippen molar-refractivity contribution in [2.24, 2.45) is 4.90 Å². The first-order valence-electron chi connectivity index (χ1n) is 4.64. The molecule has 0 amide bonds. The van der Waals surface area contributed by atoms with Crippen LogP contribution in [0.2, 0.25) is 13.1 Å². The normalized spacial score (nSPS) is 10.2. The number of nitrogens with zero attached hydrogens (tertiary/aromatic N) is 2. The van der Waals surface area contributed by atoms with Crippen LogP contribution < -0.4 is 0 Å². The van der Waals surface area contributed by atoms with Gasteiger partial charge in [0.25, 0.3) is 6.87 Å². The first-order valence-corrected chi connectivity index (χ1v) is 7.77. The molecule has 0 rings (SSSR count). The zero-order chi connectivity index (χ0) is 9.72. The lowest BCUT2D eigenvalue weighted by Gasteiger charge is -2.19. The minimum Gasteiger partial charge on any atom is -0.378 e. The van der Waals surface area contributed by atoms with Crippen LogP contribution in [-0.2, 0) is 0 Å². The van der Waals surface area contributed by atoms with Gasteiger partial charge in [-0.15, -0.1) is 0 Å². The van der Waals surface area contributed by atoms with Gasteiger partial charge in [0.1, 0.15) is 7.74 Å². The lowest BCUT2D eigenvalue weighted by Crippen LogP contribution is -2.43. The summed E-state index contributed by atoms with van der Waals surface area (Å²) in [6.45, 7) is 9.19. The lowest BCUT2D eigenvalue weighted by molar-refractivity contribution is 0.849. The topological polar surface area (TPSA) is 15.6 Å². The van der Waals surface area contributed by atoms with Gasteiger partial charge in [-0.2, -0.15) is 0 Å². The van der Waals surface area contributed by atoms with Gasteiger partial charge in [-0.3, -0.25) is 0 Å². The SMILES string of the molecule is BB(N=C(C)C)N(C)B[SiH](C)C. The van der Waals surface area contributed by atoms with E-state index in [4.69, 9.17) is 0 Å². The monoisotopic (exact) mass is 180 g/mol. The fraction of sp³-hybridized carbons (Fsp3) is 0.833. The molecule has 0 radical (unpaired) electrons. The Hall–Kier alpha value is 0.0417. The lowest BCUT2D eigenvalue weighted by atomic mass is 9.51. The molecule has 0 heterocycles. The molecule has 66 valence electrons. The number of hydrogen-bond acceptors (Lipinski definition) is 2. The van der Waals surface area contributed by atoms with Crippen molar-refractivity contribution in [3.8, 4) is 0 Å². The molecule has 0 aliphatic rings. The first-order chi connectivity index (χ1) is 5.43. The second kappa shape index (κ2) is 5.65. The van der Waals surface area contributed by atoms with E-state index in [9.17, 15) is 0 Å². The predicted molar refractivity (Wildman–Crippen MR) is 66.9 cm³/mol. The highest BCUT2D eigenvalue weighted by atomic mass is 28.3. The highest BCUT2D eigenvalue weighted by molar-refractivity contribution is 7.16. The van der Waals surface area contributed by atoms with Gasteiger partial charge in [-0.05, 0) is 26.6 Å². The van der Waals surface area contributed by atoms with Crippen LogP contribution in [0.5, 0.6) is 0 Å². The average Bonchev–Trinajstić information content (AvgIpc) is 1.84. The Balaban J connectivity index is 3.93. The molecule has 0 bridgehead atoms. The Morgan fingerprint density at radius 1 is 1.50 bits per heavy atom. The molecular weight excluding hydrogens is 161 g/mol. The highest BCUT2D eigenvalue weighted by Crippen LogP contribution is 1.90. The zero-order valence-corrected chi connectivity index (χ0v) is 10.4. The van der Waals surface area contributed by atoms with Crippen molar-refractivity contribution in [2.75, 3.05) is 7.05 Å². The van der Waals surface area contributed by atoms with Crippen LogP contribution in [0.25, 0.3) is 0 Å². The Morgan fingerprint density at radius 2 is 2.00 bits per heavy atom. The van der Waals surface area contributed by atoms with E-state index in [-0.39, 0.29) is 0 Å². The van der Waals surface area contributed by atoms with Crippen molar-refractivity contribution >= 4 is 36.0 Å². The summed E-state index contributed by atoms with van der Waals surface area (Å²) in [4.78, 5) is 4.50. The molecule has 2 nitrogen and oxygen atoms in total. The van der Waals surface area contributed by atoms with Crippen molar-refractivity contribution < 1.29 is 0 Å². The smallest absolute Gasteiger partial charge is 0.300 e. The van der Waals surface area contributed by atoms with Crippen molar-refractivity contribution in [3.63, 3.8) is 0 Å². The summed E-state index contributed by atoms with van der Waals surface area (Å²) in [5.74, 6) is 0. The van der Waals surface area contributed by atoms with Crippen LogP contribution in [0.4, 0.5) is 0 Å². The van der Waals surface area contributed by atoms with Gasteiger partial charge in [0.15, 0.2) is 7.01 Å². The van der Waals surface area contributed by atoms with E-state index in [0.29, 0.717) is 6.87 Å². The van der Waals surface area contributed by atoms with Crippen molar-refractivity contribution in [3.05, 3.63) is 0 Å². The summed E-state index contributed by atoms with van der Waals surface area (Å²) in [5, 5.41) is 0. The van der Waals surface area contributed by atoms with E-state index in [1.165, 1.54) is 12.7 Å². The maximum absolute atomic E-state index is 4.50. The third-order valence-electron chi connectivity index (χ3n) is 1.74. The van der Waals surface area contributed by atoms with Gasteiger partial charge in [-0.25, -0.2) is 0 Å². The van der Waals surface area contributed by atoms with Gasteiger partial charge in [0, 0.05) is 8.67 Å². The molecule has 0 aromatic heterocycles. The Morgan fingerprint density at radius 3 is 2.33 bits per heavy atom. The standard InChI is InChI=1S/C6H19B3N2Si/c1-6(2)10-9(7)11(3)8-12(4)5/h8,12H,7H2,1-5H3. The Labute approximate surface area is 80.1 Å². The third kappa shape index (κ3) is 5.66.